The predicted molar refractivity (Wildman–Crippen MR) is 67.6 cm³/mol. The Bertz CT molecular complexity index is 485. The third-order valence-corrected chi connectivity index (χ3v) is 2.93. The van der Waals surface area contributed by atoms with Gasteiger partial charge in [-0.1, -0.05) is 19.1 Å². The monoisotopic (exact) mass is 217 g/mol. The molecule has 0 saturated heterocycles. The van der Waals surface area contributed by atoms with E-state index in [2.05, 4.69) is 48.5 Å². The Kier molecular flexibility index (Phi) is 2.97. The Hall–Kier alpha value is -1.35. The molecule has 2 rings (SSSR count). The lowest BCUT2D eigenvalue weighted by atomic mass is 10.1. The summed E-state index contributed by atoms with van der Waals surface area (Å²) in [6, 6.07) is 8.67. The van der Waals surface area contributed by atoms with Crippen molar-refractivity contribution in [3.05, 3.63) is 30.1 Å². The number of aromatic nitrogens is 2. The molecule has 1 aromatic carbocycles. The topological polar surface area (TPSA) is 43.8 Å². The average Bonchev–Trinajstić information content (AvgIpc) is 2.67. The SMILES string of the molecule is CC(CN)c1nc2ccccc2n1C(C)C. The van der Waals surface area contributed by atoms with Gasteiger partial charge in [-0.05, 0) is 26.0 Å². The Morgan fingerprint density at radius 2 is 1.94 bits per heavy atom. The molecule has 0 bridgehead atoms. The summed E-state index contributed by atoms with van der Waals surface area (Å²) in [5, 5.41) is 0. The van der Waals surface area contributed by atoms with E-state index in [4.69, 9.17) is 5.73 Å². The zero-order chi connectivity index (χ0) is 11.7. The molecule has 1 atom stereocenters. The maximum Gasteiger partial charge on any atom is 0.114 e. The van der Waals surface area contributed by atoms with Crippen LogP contribution in [0.15, 0.2) is 24.3 Å². The number of imidazole rings is 1. The number of nitrogens with zero attached hydrogens (tertiary/aromatic N) is 2. The predicted octanol–water partition coefficient (Wildman–Crippen LogP) is 2.68. The second kappa shape index (κ2) is 4.26. The van der Waals surface area contributed by atoms with E-state index in [-0.39, 0.29) is 0 Å². The molecule has 86 valence electrons. The molecule has 0 aliphatic heterocycles. The molecule has 1 aromatic heterocycles. The number of hydrogen-bond acceptors (Lipinski definition) is 2. The summed E-state index contributed by atoms with van der Waals surface area (Å²) in [6.45, 7) is 7.12. The molecule has 0 aliphatic rings. The summed E-state index contributed by atoms with van der Waals surface area (Å²) in [5.41, 5.74) is 8.00. The normalized spacial score (nSPS) is 13.6. The van der Waals surface area contributed by atoms with Gasteiger partial charge in [0, 0.05) is 18.5 Å². The maximum atomic E-state index is 5.74. The van der Waals surface area contributed by atoms with Crippen molar-refractivity contribution < 1.29 is 0 Å². The summed E-state index contributed by atoms with van der Waals surface area (Å²) < 4.78 is 2.28. The van der Waals surface area contributed by atoms with E-state index in [1.165, 1.54) is 5.52 Å². The van der Waals surface area contributed by atoms with Crippen LogP contribution in [0.5, 0.6) is 0 Å². The zero-order valence-corrected chi connectivity index (χ0v) is 10.1. The van der Waals surface area contributed by atoms with Gasteiger partial charge < -0.3 is 10.3 Å². The molecule has 2 aromatic rings. The zero-order valence-electron chi connectivity index (χ0n) is 10.1. The molecule has 2 N–H and O–H groups in total. The van der Waals surface area contributed by atoms with Gasteiger partial charge in [-0.15, -0.1) is 0 Å². The number of fused-ring (bicyclic) bond motifs is 1. The van der Waals surface area contributed by atoms with Crippen molar-refractivity contribution in [1.82, 2.24) is 9.55 Å². The minimum atomic E-state index is 0.301. The average molecular weight is 217 g/mol. The molecule has 3 heteroatoms. The van der Waals surface area contributed by atoms with Gasteiger partial charge in [0.2, 0.25) is 0 Å². The van der Waals surface area contributed by atoms with Crippen LogP contribution in [0.1, 0.15) is 38.6 Å². The van der Waals surface area contributed by atoms with Gasteiger partial charge in [0.25, 0.3) is 0 Å². The second-order valence-corrected chi connectivity index (χ2v) is 4.56. The van der Waals surface area contributed by atoms with Gasteiger partial charge in [-0.3, -0.25) is 0 Å². The molecule has 0 saturated carbocycles. The summed E-state index contributed by atoms with van der Waals surface area (Å²) in [5.74, 6) is 1.40. The smallest absolute Gasteiger partial charge is 0.114 e. The van der Waals surface area contributed by atoms with E-state index in [9.17, 15) is 0 Å². The third kappa shape index (κ3) is 1.71. The molecular weight excluding hydrogens is 198 g/mol. The van der Waals surface area contributed by atoms with Crippen LogP contribution >= 0.6 is 0 Å². The van der Waals surface area contributed by atoms with Crippen molar-refractivity contribution in [1.29, 1.82) is 0 Å². The second-order valence-electron chi connectivity index (χ2n) is 4.56. The molecular formula is C13H19N3. The Morgan fingerprint density at radius 1 is 1.25 bits per heavy atom. The molecule has 0 spiro atoms. The van der Waals surface area contributed by atoms with Gasteiger partial charge in [0.05, 0.1) is 11.0 Å². The lowest BCUT2D eigenvalue weighted by molar-refractivity contribution is 0.554. The van der Waals surface area contributed by atoms with Crippen LogP contribution < -0.4 is 5.73 Å². The highest BCUT2D eigenvalue weighted by atomic mass is 15.1. The highest BCUT2D eigenvalue weighted by molar-refractivity contribution is 5.76. The third-order valence-electron chi connectivity index (χ3n) is 2.93. The Balaban J connectivity index is 2.68. The van der Waals surface area contributed by atoms with Crippen LogP contribution in [0.3, 0.4) is 0 Å². The first kappa shape index (κ1) is 11.1. The van der Waals surface area contributed by atoms with Crippen molar-refractivity contribution in [3.8, 4) is 0 Å². The lowest BCUT2D eigenvalue weighted by Crippen LogP contribution is -2.16. The minimum Gasteiger partial charge on any atom is -0.330 e. The fourth-order valence-corrected chi connectivity index (χ4v) is 2.06. The van der Waals surface area contributed by atoms with Gasteiger partial charge in [-0.25, -0.2) is 4.98 Å². The van der Waals surface area contributed by atoms with E-state index in [1.54, 1.807) is 0 Å². The number of benzene rings is 1. The van der Waals surface area contributed by atoms with Gasteiger partial charge >= 0.3 is 0 Å². The summed E-state index contributed by atoms with van der Waals surface area (Å²) in [4.78, 5) is 4.69. The fourth-order valence-electron chi connectivity index (χ4n) is 2.06. The first-order chi connectivity index (χ1) is 7.65. The summed E-state index contributed by atoms with van der Waals surface area (Å²) >= 11 is 0. The highest BCUT2D eigenvalue weighted by Crippen LogP contribution is 2.25. The fraction of sp³-hybridized carbons (Fsp3) is 0.462. The van der Waals surface area contributed by atoms with Crippen LogP contribution in [0.25, 0.3) is 11.0 Å². The minimum absolute atomic E-state index is 0.301. The molecule has 16 heavy (non-hydrogen) atoms. The van der Waals surface area contributed by atoms with Gasteiger partial charge in [0.15, 0.2) is 0 Å². The highest BCUT2D eigenvalue weighted by Gasteiger charge is 2.16. The van der Waals surface area contributed by atoms with Crippen molar-refractivity contribution >= 4 is 11.0 Å². The van der Waals surface area contributed by atoms with E-state index in [0.29, 0.717) is 18.5 Å². The van der Waals surface area contributed by atoms with Crippen molar-refractivity contribution in [2.45, 2.75) is 32.7 Å². The van der Waals surface area contributed by atoms with Crippen LogP contribution in [-0.4, -0.2) is 16.1 Å². The summed E-state index contributed by atoms with van der Waals surface area (Å²) in [7, 11) is 0. The largest absolute Gasteiger partial charge is 0.330 e. The molecule has 3 nitrogen and oxygen atoms in total. The maximum absolute atomic E-state index is 5.74. The molecule has 1 heterocycles. The van der Waals surface area contributed by atoms with Crippen LogP contribution in [0.2, 0.25) is 0 Å². The van der Waals surface area contributed by atoms with Crippen LogP contribution in [0, 0.1) is 0 Å². The van der Waals surface area contributed by atoms with Crippen molar-refractivity contribution in [2.24, 2.45) is 5.73 Å². The van der Waals surface area contributed by atoms with E-state index < -0.39 is 0 Å². The molecule has 0 radical (unpaired) electrons. The van der Waals surface area contributed by atoms with Crippen LogP contribution in [0.4, 0.5) is 0 Å². The molecule has 0 amide bonds. The molecule has 0 aliphatic carbocycles. The van der Waals surface area contributed by atoms with Crippen molar-refractivity contribution in [2.75, 3.05) is 6.54 Å². The quantitative estimate of drug-likeness (QED) is 0.859. The first-order valence-electron chi connectivity index (χ1n) is 5.82. The number of nitrogens with two attached hydrogens (primary N) is 1. The number of hydrogen-bond donors (Lipinski definition) is 1. The van der Waals surface area contributed by atoms with E-state index in [1.807, 2.05) is 6.07 Å². The van der Waals surface area contributed by atoms with Crippen LogP contribution in [-0.2, 0) is 0 Å². The molecule has 0 fully saturated rings. The Labute approximate surface area is 96.3 Å². The Morgan fingerprint density at radius 3 is 2.56 bits per heavy atom. The lowest BCUT2D eigenvalue weighted by Gasteiger charge is -2.16. The standard InChI is InChI=1S/C13H19N3/c1-9(2)16-12-7-5-4-6-11(12)15-13(16)10(3)8-14/h4-7,9-10H,8,14H2,1-3H3. The molecule has 1 unspecified atom stereocenters. The van der Waals surface area contributed by atoms with E-state index >= 15 is 0 Å². The first-order valence-corrected chi connectivity index (χ1v) is 5.82. The van der Waals surface area contributed by atoms with E-state index in [0.717, 1.165) is 11.3 Å². The van der Waals surface area contributed by atoms with Gasteiger partial charge in [-0.2, -0.15) is 0 Å². The summed E-state index contributed by atoms with van der Waals surface area (Å²) in [6.07, 6.45) is 0. The van der Waals surface area contributed by atoms with Crippen molar-refractivity contribution in [3.63, 3.8) is 0 Å². The number of para-hydroxylation sites is 2. The number of rotatable bonds is 3. The van der Waals surface area contributed by atoms with Gasteiger partial charge in [0.1, 0.15) is 5.82 Å².